The van der Waals surface area contributed by atoms with Gasteiger partial charge >= 0.3 is 0 Å². The van der Waals surface area contributed by atoms with E-state index in [0.29, 0.717) is 0 Å². The number of rotatable bonds is 2. The number of thiophene rings is 1. The predicted octanol–water partition coefficient (Wildman–Crippen LogP) is 2.36. The molecule has 3 heterocycles. The van der Waals surface area contributed by atoms with Gasteiger partial charge in [0.2, 0.25) is 0 Å². The average molecular weight is 258 g/mol. The first-order chi connectivity index (χ1) is 8.88. The molecule has 0 saturated carbocycles. The van der Waals surface area contributed by atoms with E-state index in [-0.39, 0.29) is 0 Å². The minimum Gasteiger partial charge on any atom is -0.381 e. The van der Waals surface area contributed by atoms with Gasteiger partial charge in [0, 0.05) is 6.54 Å². The van der Waals surface area contributed by atoms with Gasteiger partial charge < -0.3 is 5.32 Å². The Hall–Kier alpha value is -1.75. The summed E-state index contributed by atoms with van der Waals surface area (Å²) in [5, 5.41) is 14.0. The van der Waals surface area contributed by atoms with Crippen molar-refractivity contribution in [3.63, 3.8) is 0 Å². The molecule has 2 aromatic heterocycles. The summed E-state index contributed by atoms with van der Waals surface area (Å²) >= 11 is 1.69. The van der Waals surface area contributed by atoms with Crippen LogP contribution in [0, 0.1) is 0 Å². The Bertz CT molecular complexity index is 575. The average Bonchev–Trinajstić information content (AvgIpc) is 2.85. The fraction of sp³-hybridized carbons (Fsp3) is 0.308. The predicted molar refractivity (Wildman–Crippen MR) is 74.7 cm³/mol. The summed E-state index contributed by atoms with van der Waals surface area (Å²) in [5.74, 6) is 0. The molecule has 0 saturated heterocycles. The summed E-state index contributed by atoms with van der Waals surface area (Å²) in [6.07, 6.45) is 0.896. The lowest BCUT2D eigenvalue weighted by Gasteiger charge is -2.08. The van der Waals surface area contributed by atoms with Gasteiger partial charge in [0.15, 0.2) is 0 Å². The molecule has 5 heteroatoms. The molecule has 92 valence electrons. The molecule has 0 aliphatic carbocycles. The fourth-order valence-corrected chi connectivity index (χ4v) is 2.69. The minimum atomic E-state index is 0.769. The molecule has 0 unspecified atom stereocenters. The van der Waals surface area contributed by atoms with Crippen LogP contribution in [-0.2, 0) is 6.42 Å². The molecular weight excluding hydrogens is 244 g/mol. The van der Waals surface area contributed by atoms with Crippen LogP contribution in [0.5, 0.6) is 0 Å². The highest BCUT2D eigenvalue weighted by molar-refractivity contribution is 7.12. The Morgan fingerprint density at radius 1 is 1.39 bits per heavy atom. The SMILES string of the molecule is CCc1cc2c(nn1)C(c1cccs1)=NCCN2. The standard InChI is InChI=1S/C13H14N4S/c1-2-9-8-10-12(17-16-9)13(15-6-5-14-10)11-4-3-7-18-11/h3-4,7-8,14H,2,5-6H2,1H3. The van der Waals surface area contributed by atoms with Crippen molar-refractivity contribution in [1.29, 1.82) is 0 Å². The second-order valence-corrected chi connectivity index (χ2v) is 5.03. The second kappa shape index (κ2) is 4.86. The van der Waals surface area contributed by atoms with Crippen LogP contribution >= 0.6 is 11.3 Å². The molecule has 1 aliphatic rings. The largest absolute Gasteiger partial charge is 0.381 e. The van der Waals surface area contributed by atoms with Crippen molar-refractivity contribution in [3.05, 3.63) is 39.8 Å². The first-order valence-electron chi connectivity index (χ1n) is 6.07. The van der Waals surface area contributed by atoms with Crippen LogP contribution in [0.3, 0.4) is 0 Å². The minimum absolute atomic E-state index is 0.769. The number of nitrogens with one attached hydrogen (secondary N) is 1. The number of fused-ring (bicyclic) bond motifs is 1. The van der Waals surface area contributed by atoms with E-state index >= 15 is 0 Å². The lowest BCUT2D eigenvalue weighted by Crippen LogP contribution is -2.09. The van der Waals surface area contributed by atoms with E-state index in [1.165, 1.54) is 0 Å². The van der Waals surface area contributed by atoms with Crippen molar-refractivity contribution in [2.24, 2.45) is 4.99 Å². The lowest BCUT2D eigenvalue weighted by atomic mass is 10.1. The van der Waals surface area contributed by atoms with Crippen molar-refractivity contribution in [3.8, 4) is 0 Å². The van der Waals surface area contributed by atoms with Gasteiger partial charge in [-0.1, -0.05) is 13.0 Å². The van der Waals surface area contributed by atoms with Gasteiger partial charge in [-0.2, -0.15) is 5.10 Å². The number of aryl methyl sites for hydroxylation is 1. The molecule has 18 heavy (non-hydrogen) atoms. The summed E-state index contributed by atoms with van der Waals surface area (Å²) in [7, 11) is 0. The smallest absolute Gasteiger partial charge is 0.135 e. The zero-order valence-electron chi connectivity index (χ0n) is 10.2. The second-order valence-electron chi connectivity index (χ2n) is 4.09. The highest BCUT2D eigenvalue weighted by atomic mass is 32.1. The topological polar surface area (TPSA) is 50.2 Å². The molecule has 0 bridgehead atoms. The zero-order valence-corrected chi connectivity index (χ0v) is 11.0. The Labute approximate surface area is 110 Å². The summed E-state index contributed by atoms with van der Waals surface area (Å²) in [6.45, 7) is 3.70. The summed E-state index contributed by atoms with van der Waals surface area (Å²) in [4.78, 5) is 5.78. The van der Waals surface area contributed by atoms with E-state index < -0.39 is 0 Å². The van der Waals surface area contributed by atoms with Crippen molar-refractivity contribution in [2.45, 2.75) is 13.3 Å². The van der Waals surface area contributed by atoms with E-state index in [2.05, 4.69) is 44.9 Å². The van der Waals surface area contributed by atoms with E-state index in [4.69, 9.17) is 0 Å². The molecule has 3 rings (SSSR count). The number of nitrogens with zero attached hydrogens (tertiary/aromatic N) is 3. The van der Waals surface area contributed by atoms with E-state index in [0.717, 1.165) is 47.2 Å². The maximum absolute atomic E-state index is 4.62. The maximum Gasteiger partial charge on any atom is 0.135 e. The number of anilines is 1. The molecule has 0 fully saturated rings. The van der Waals surface area contributed by atoms with Crippen molar-refractivity contribution in [1.82, 2.24) is 10.2 Å². The molecule has 0 amide bonds. The Morgan fingerprint density at radius 3 is 3.11 bits per heavy atom. The monoisotopic (exact) mass is 258 g/mol. The molecule has 0 aromatic carbocycles. The van der Waals surface area contributed by atoms with E-state index in [1.54, 1.807) is 11.3 Å². The molecule has 0 atom stereocenters. The zero-order chi connectivity index (χ0) is 12.4. The normalized spacial score (nSPS) is 14.4. The van der Waals surface area contributed by atoms with Crippen LogP contribution in [-0.4, -0.2) is 29.0 Å². The van der Waals surface area contributed by atoms with Gasteiger partial charge in [0.1, 0.15) is 11.4 Å². The highest BCUT2D eigenvalue weighted by Gasteiger charge is 2.17. The molecule has 2 aromatic rings. The first kappa shape index (κ1) is 11.3. The van der Waals surface area contributed by atoms with Crippen LogP contribution in [0.2, 0.25) is 0 Å². The molecular formula is C13H14N4S. The highest BCUT2D eigenvalue weighted by Crippen LogP contribution is 2.22. The van der Waals surface area contributed by atoms with Gasteiger partial charge in [-0.15, -0.1) is 16.4 Å². The number of hydrogen-bond donors (Lipinski definition) is 1. The van der Waals surface area contributed by atoms with Gasteiger partial charge in [-0.25, -0.2) is 0 Å². The van der Waals surface area contributed by atoms with Gasteiger partial charge in [-0.05, 0) is 23.9 Å². The van der Waals surface area contributed by atoms with Gasteiger partial charge in [0.25, 0.3) is 0 Å². The third-order valence-electron chi connectivity index (χ3n) is 2.88. The Balaban J connectivity index is 2.11. The first-order valence-corrected chi connectivity index (χ1v) is 6.95. The maximum atomic E-state index is 4.62. The third kappa shape index (κ3) is 2.01. The van der Waals surface area contributed by atoms with Crippen molar-refractivity contribution in [2.75, 3.05) is 18.4 Å². The van der Waals surface area contributed by atoms with Crippen LogP contribution in [0.25, 0.3) is 0 Å². The molecule has 0 radical (unpaired) electrons. The van der Waals surface area contributed by atoms with Crippen molar-refractivity contribution >= 4 is 22.7 Å². The van der Waals surface area contributed by atoms with Crippen LogP contribution < -0.4 is 5.32 Å². The molecule has 1 N–H and O–H groups in total. The van der Waals surface area contributed by atoms with Crippen LogP contribution in [0.15, 0.2) is 28.6 Å². The van der Waals surface area contributed by atoms with Gasteiger partial charge in [-0.3, -0.25) is 4.99 Å². The number of aromatic nitrogens is 2. The fourth-order valence-electron chi connectivity index (χ4n) is 1.96. The van der Waals surface area contributed by atoms with E-state index in [9.17, 15) is 0 Å². The van der Waals surface area contributed by atoms with Crippen LogP contribution in [0.1, 0.15) is 23.2 Å². The molecule has 0 spiro atoms. The van der Waals surface area contributed by atoms with E-state index in [1.807, 2.05) is 6.07 Å². The van der Waals surface area contributed by atoms with Gasteiger partial charge in [0.05, 0.1) is 22.8 Å². The Morgan fingerprint density at radius 2 is 2.33 bits per heavy atom. The van der Waals surface area contributed by atoms with Crippen LogP contribution in [0.4, 0.5) is 5.69 Å². The lowest BCUT2D eigenvalue weighted by molar-refractivity contribution is 0.913. The van der Waals surface area contributed by atoms with Crippen molar-refractivity contribution < 1.29 is 0 Å². The third-order valence-corrected chi connectivity index (χ3v) is 3.76. The molecule has 1 aliphatic heterocycles. The molecule has 4 nitrogen and oxygen atoms in total. The summed E-state index contributed by atoms with van der Waals surface area (Å²) < 4.78 is 0. The summed E-state index contributed by atoms with van der Waals surface area (Å²) in [6, 6.07) is 6.19. The number of hydrogen-bond acceptors (Lipinski definition) is 5. The Kier molecular flexibility index (Phi) is 3.06. The quantitative estimate of drug-likeness (QED) is 0.899. The number of aliphatic imine (C=N–C) groups is 1. The summed E-state index contributed by atoms with van der Waals surface area (Å²) in [5.41, 5.74) is 3.88.